The third-order valence-electron chi connectivity index (χ3n) is 3.20. The zero-order valence-corrected chi connectivity index (χ0v) is 11.4. The normalized spacial score (nSPS) is 11.1. The van der Waals surface area contributed by atoms with Crippen molar-refractivity contribution in [2.75, 3.05) is 24.2 Å². The van der Waals surface area contributed by atoms with Gasteiger partial charge >= 0.3 is 5.69 Å². The topological polar surface area (TPSA) is 67.2 Å². The van der Waals surface area contributed by atoms with E-state index in [9.17, 15) is 10.1 Å². The number of hydrogen-bond donors (Lipinski definition) is 2. The Hall–Kier alpha value is -1.78. The van der Waals surface area contributed by atoms with Crippen molar-refractivity contribution in [1.82, 2.24) is 0 Å². The highest BCUT2D eigenvalue weighted by Crippen LogP contribution is 2.33. The molecule has 0 aliphatic heterocycles. The molecule has 0 radical (unpaired) electrons. The van der Waals surface area contributed by atoms with Gasteiger partial charge in [-0.25, -0.2) is 0 Å². The maximum Gasteiger partial charge on any atom is 0.315 e. The Morgan fingerprint density at radius 3 is 2.44 bits per heavy atom. The largest absolute Gasteiger partial charge is 0.382 e. The van der Waals surface area contributed by atoms with E-state index in [-0.39, 0.29) is 16.0 Å². The van der Waals surface area contributed by atoms with Gasteiger partial charge in [0.25, 0.3) is 0 Å². The molecule has 18 heavy (non-hydrogen) atoms. The minimum atomic E-state index is -0.354. The molecule has 0 aliphatic carbocycles. The standard InChI is InChI=1S/C13H21N3O2/c1-5-13(2,3)9-15-11-8-6-7-10(14-4)12(11)16(17)18/h6-8,14-15H,5,9H2,1-4H3. The summed E-state index contributed by atoms with van der Waals surface area (Å²) in [6, 6.07) is 5.25. The maximum absolute atomic E-state index is 11.1. The third-order valence-corrected chi connectivity index (χ3v) is 3.20. The van der Waals surface area contributed by atoms with Gasteiger partial charge in [0, 0.05) is 13.6 Å². The average molecular weight is 251 g/mol. The van der Waals surface area contributed by atoms with E-state index in [0.717, 1.165) is 6.42 Å². The summed E-state index contributed by atoms with van der Waals surface area (Å²) in [5, 5.41) is 17.1. The van der Waals surface area contributed by atoms with Crippen LogP contribution in [0.5, 0.6) is 0 Å². The molecule has 100 valence electrons. The highest BCUT2D eigenvalue weighted by molar-refractivity contribution is 5.76. The van der Waals surface area contributed by atoms with Gasteiger partial charge in [-0.05, 0) is 24.0 Å². The number of nitrogens with zero attached hydrogens (tertiary/aromatic N) is 1. The van der Waals surface area contributed by atoms with Gasteiger partial charge in [-0.1, -0.05) is 26.8 Å². The molecule has 1 rings (SSSR count). The molecular weight excluding hydrogens is 230 g/mol. The van der Waals surface area contributed by atoms with Crippen molar-refractivity contribution in [1.29, 1.82) is 0 Å². The monoisotopic (exact) mass is 251 g/mol. The van der Waals surface area contributed by atoms with Crippen molar-refractivity contribution in [3.05, 3.63) is 28.3 Å². The summed E-state index contributed by atoms with van der Waals surface area (Å²) in [4.78, 5) is 10.8. The molecule has 0 aromatic heterocycles. The average Bonchev–Trinajstić information content (AvgIpc) is 2.35. The lowest BCUT2D eigenvalue weighted by Crippen LogP contribution is -2.22. The van der Waals surface area contributed by atoms with Crippen LogP contribution in [0.4, 0.5) is 17.1 Å². The smallest absolute Gasteiger partial charge is 0.315 e. The van der Waals surface area contributed by atoms with Crippen LogP contribution in [0.3, 0.4) is 0 Å². The molecule has 1 aromatic carbocycles. The molecule has 0 saturated heterocycles. The second-order valence-electron chi connectivity index (χ2n) is 5.08. The molecule has 0 amide bonds. The summed E-state index contributed by atoms with van der Waals surface area (Å²) in [6.45, 7) is 7.08. The van der Waals surface area contributed by atoms with Gasteiger partial charge in [0.2, 0.25) is 0 Å². The first-order chi connectivity index (χ1) is 8.41. The Labute approximate surface area is 108 Å². The van der Waals surface area contributed by atoms with Gasteiger partial charge in [-0.15, -0.1) is 0 Å². The zero-order chi connectivity index (χ0) is 13.8. The van der Waals surface area contributed by atoms with E-state index in [1.54, 1.807) is 25.2 Å². The second kappa shape index (κ2) is 5.71. The van der Waals surface area contributed by atoms with E-state index in [4.69, 9.17) is 0 Å². The van der Waals surface area contributed by atoms with Gasteiger partial charge in [0.15, 0.2) is 0 Å². The fourth-order valence-corrected chi connectivity index (χ4v) is 1.54. The summed E-state index contributed by atoms with van der Waals surface area (Å²) < 4.78 is 0. The van der Waals surface area contributed by atoms with Crippen LogP contribution in [0.2, 0.25) is 0 Å². The molecule has 0 fully saturated rings. The molecule has 0 aliphatic rings. The SMILES string of the molecule is CCC(C)(C)CNc1cccc(NC)c1[N+](=O)[O-]. The second-order valence-corrected chi connectivity index (χ2v) is 5.08. The van der Waals surface area contributed by atoms with E-state index in [1.807, 2.05) is 0 Å². The number of para-hydroxylation sites is 1. The van der Waals surface area contributed by atoms with Crippen LogP contribution in [0.1, 0.15) is 27.2 Å². The number of benzene rings is 1. The minimum absolute atomic E-state index is 0.104. The fourth-order valence-electron chi connectivity index (χ4n) is 1.54. The van der Waals surface area contributed by atoms with Crippen molar-refractivity contribution in [3.8, 4) is 0 Å². The first-order valence-corrected chi connectivity index (χ1v) is 6.10. The number of nitro benzene ring substituents is 1. The first-order valence-electron chi connectivity index (χ1n) is 6.10. The summed E-state index contributed by atoms with van der Waals surface area (Å²) in [7, 11) is 1.68. The van der Waals surface area contributed by atoms with Gasteiger partial charge in [0.1, 0.15) is 11.4 Å². The molecule has 0 heterocycles. The lowest BCUT2D eigenvalue weighted by molar-refractivity contribution is -0.383. The molecule has 0 saturated carbocycles. The van der Waals surface area contributed by atoms with Crippen molar-refractivity contribution in [3.63, 3.8) is 0 Å². The number of nitrogens with one attached hydrogen (secondary N) is 2. The molecule has 5 heteroatoms. The highest BCUT2D eigenvalue weighted by Gasteiger charge is 2.21. The summed E-state index contributed by atoms with van der Waals surface area (Å²) in [5.41, 5.74) is 1.31. The van der Waals surface area contributed by atoms with Crippen molar-refractivity contribution in [2.45, 2.75) is 27.2 Å². The van der Waals surface area contributed by atoms with E-state index >= 15 is 0 Å². The summed E-state index contributed by atoms with van der Waals surface area (Å²) in [5.74, 6) is 0. The van der Waals surface area contributed by atoms with E-state index in [2.05, 4.69) is 31.4 Å². The minimum Gasteiger partial charge on any atom is -0.382 e. The summed E-state index contributed by atoms with van der Waals surface area (Å²) >= 11 is 0. The molecule has 0 unspecified atom stereocenters. The number of rotatable bonds is 6. The van der Waals surface area contributed by atoms with Crippen LogP contribution in [0, 0.1) is 15.5 Å². The Morgan fingerprint density at radius 1 is 1.33 bits per heavy atom. The quantitative estimate of drug-likeness (QED) is 0.600. The molecule has 1 aromatic rings. The Balaban J connectivity index is 2.99. The Morgan fingerprint density at radius 2 is 1.94 bits per heavy atom. The van der Waals surface area contributed by atoms with E-state index in [1.165, 1.54) is 0 Å². The van der Waals surface area contributed by atoms with Crippen molar-refractivity contribution < 1.29 is 4.92 Å². The first kappa shape index (κ1) is 14.3. The van der Waals surface area contributed by atoms with Crippen molar-refractivity contribution in [2.24, 2.45) is 5.41 Å². The van der Waals surface area contributed by atoms with Gasteiger partial charge < -0.3 is 10.6 Å². The molecule has 0 atom stereocenters. The van der Waals surface area contributed by atoms with Crippen LogP contribution in [0.15, 0.2) is 18.2 Å². The molecule has 0 bridgehead atoms. The predicted octanol–water partition coefficient (Wildman–Crippen LogP) is 3.48. The van der Waals surface area contributed by atoms with E-state index < -0.39 is 0 Å². The lowest BCUT2D eigenvalue weighted by atomic mass is 9.90. The number of nitro groups is 1. The number of anilines is 2. The van der Waals surface area contributed by atoms with Crippen LogP contribution in [-0.4, -0.2) is 18.5 Å². The van der Waals surface area contributed by atoms with Gasteiger partial charge in [-0.3, -0.25) is 10.1 Å². The molecule has 5 nitrogen and oxygen atoms in total. The van der Waals surface area contributed by atoms with Crippen LogP contribution < -0.4 is 10.6 Å². The Kier molecular flexibility index (Phi) is 4.53. The van der Waals surface area contributed by atoms with Crippen LogP contribution >= 0.6 is 0 Å². The zero-order valence-electron chi connectivity index (χ0n) is 11.4. The maximum atomic E-state index is 11.1. The van der Waals surface area contributed by atoms with Crippen LogP contribution in [0.25, 0.3) is 0 Å². The Bertz CT molecular complexity index is 430. The predicted molar refractivity (Wildman–Crippen MR) is 75.2 cm³/mol. The van der Waals surface area contributed by atoms with Gasteiger partial charge in [-0.2, -0.15) is 0 Å². The van der Waals surface area contributed by atoms with Crippen LogP contribution in [-0.2, 0) is 0 Å². The number of hydrogen-bond acceptors (Lipinski definition) is 4. The summed E-state index contributed by atoms with van der Waals surface area (Å²) in [6.07, 6.45) is 1.01. The van der Waals surface area contributed by atoms with Gasteiger partial charge in [0.05, 0.1) is 4.92 Å². The van der Waals surface area contributed by atoms with E-state index in [0.29, 0.717) is 17.9 Å². The molecule has 0 spiro atoms. The van der Waals surface area contributed by atoms with Crippen molar-refractivity contribution >= 4 is 17.1 Å². The highest BCUT2D eigenvalue weighted by atomic mass is 16.6. The molecular formula is C13H21N3O2. The molecule has 2 N–H and O–H groups in total. The lowest BCUT2D eigenvalue weighted by Gasteiger charge is -2.23. The fraction of sp³-hybridized carbons (Fsp3) is 0.538. The third kappa shape index (κ3) is 3.35.